The number of anilines is 1. The van der Waals surface area contributed by atoms with Crippen LogP contribution in [0.5, 0.6) is 0 Å². The number of alkyl halides is 3. The Balaban J connectivity index is 1.85. The number of hydrogen-bond acceptors (Lipinski definition) is 5. The summed E-state index contributed by atoms with van der Waals surface area (Å²) in [6.45, 7) is 0. The summed E-state index contributed by atoms with van der Waals surface area (Å²) in [6.07, 6.45) is -4.62. The van der Waals surface area contributed by atoms with Crippen molar-refractivity contribution in [2.75, 3.05) is 5.32 Å². The summed E-state index contributed by atoms with van der Waals surface area (Å²) in [6, 6.07) is 7.33. The zero-order valence-corrected chi connectivity index (χ0v) is 13.1. The largest absolute Gasteiger partial charge is 0.435 e. The average Bonchev–Trinajstić information content (AvgIpc) is 3.13. The van der Waals surface area contributed by atoms with E-state index in [9.17, 15) is 18.0 Å². The summed E-state index contributed by atoms with van der Waals surface area (Å²) in [4.78, 5) is 12.3. The van der Waals surface area contributed by atoms with Crippen molar-refractivity contribution < 1.29 is 18.0 Å². The van der Waals surface area contributed by atoms with Crippen LogP contribution in [0, 0.1) is 0 Å². The molecule has 0 saturated heterocycles. The third-order valence-corrected chi connectivity index (χ3v) is 3.40. The van der Waals surface area contributed by atoms with Crippen LogP contribution in [-0.4, -0.2) is 35.9 Å². The minimum Gasteiger partial charge on any atom is -0.321 e. The van der Waals surface area contributed by atoms with Gasteiger partial charge in [-0.25, -0.2) is 4.68 Å². The van der Waals surface area contributed by atoms with Crippen molar-refractivity contribution in [1.82, 2.24) is 30.0 Å². The molecule has 0 aliphatic rings. The number of halogens is 3. The molecule has 3 aromatic rings. The topological polar surface area (TPSA) is 90.5 Å². The number of benzene rings is 1. The molecule has 0 aliphatic carbocycles. The number of amides is 1. The van der Waals surface area contributed by atoms with E-state index in [-0.39, 0.29) is 5.69 Å². The molecular weight excluding hydrogens is 339 g/mol. The SMILES string of the molecule is Cn1nc(C(F)(F)F)cc1C(=O)Nc1cccc(-c2nnnn2C)c1. The van der Waals surface area contributed by atoms with Crippen molar-refractivity contribution in [3.8, 4) is 11.4 Å². The summed E-state index contributed by atoms with van der Waals surface area (Å²) in [5.41, 5.74) is -0.302. The van der Waals surface area contributed by atoms with E-state index in [4.69, 9.17) is 0 Å². The molecule has 0 atom stereocenters. The molecule has 0 aliphatic heterocycles. The fraction of sp³-hybridized carbons (Fsp3) is 0.214. The third kappa shape index (κ3) is 3.34. The van der Waals surface area contributed by atoms with Gasteiger partial charge in [-0.15, -0.1) is 5.10 Å². The maximum absolute atomic E-state index is 12.7. The van der Waals surface area contributed by atoms with Crippen LogP contribution in [0.3, 0.4) is 0 Å². The highest BCUT2D eigenvalue weighted by molar-refractivity contribution is 6.03. The Bertz CT molecular complexity index is 929. The van der Waals surface area contributed by atoms with Crippen LogP contribution >= 0.6 is 0 Å². The maximum atomic E-state index is 12.7. The smallest absolute Gasteiger partial charge is 0.321 e. The molecule has 0 radical (unpaired) electrons. The number of carbonyl (C=O) groups is 1. The van der Waals surface area contributed by atoms with Crippen molar-refractivity contribution in [2.45, 2.75) is 6.18 Å². The van der Waals surface area contributed by atoms with E-state index in [0.717, 1.165) is 4.68 Å². The summed E-state index contributed by atoms with van der Waals surface area (Å²) < 4.78 is 40.4. The Kier molecular flexibility index (Phi) is 3.99. The number of aromatic nitrogens is 6. The lowest BCUT2D eigenvalue weighted by molar-refractivity contribution is -0.141. The average molecular weight is 351 g/mol. The van der Waals surface area contributed by atoms with Crippen LogP contribution in [0.1, 0.15) is 16.2 Å². The lowest BCUT2D eigenvalue weighted by Crippen LogP contribution is -2.16. The first-order valence-corrected chi connectivity index (χ1v) is 7.01. The lowest BCUT2D eigenvalue weighted by Gasteiger charge is -2.07. The fourth-order valence-corrected chi connectivity index (χ4v) is 2.22. The predicted octanol–water partition coefficient (Wildman–Crippen LogP) is 1.88. The van der Waals surface area contributed by atoms with Gasteiger partial charge in [-0.2, -0.15) is 18.3 Å². The number of nitrogens with one attached hydrogen (secondary N) is 1. The quantitative estimate of drug-likeness (QED) is 0.778. The van der Waals surface area contributed by atoms with Gasteiger partial charge >= 0.3 is 6.18 Å². The van der Waals surface area contributed by atoms with E-state index in [1.54, 1.807) is 31.3 Å². The first-order valence-electron chi connectivity index (χ1n) is 7.01. The van der Waals surface area contributed by atoms with Crippen molar-refractivity contribution in [3.05, 3.63) is 41.7 Å². The van der Waals surface area contributed by atoms with E-state index < -0.39 is 17.8 Å². The number of rotatable bonds is 3. The van der Waals surface area contributed by atoms with Gasteiger partial charge in [0.05, 0.1) is 0 Å². The van der Waals surface area contributed by atoms with Crippen LogP contribution in [0.2, 0.25) is 0 Å². The molecule has 0 unspecified atom stereocenters. The molecule has 1 amide bonds. The molecule has 3 rings (SSSR count). The van der Waals surface area contributed by atoms with E-state index in [0.29, 0.717) is 23.1 Å². The number of aryl methyl sites for hydroxylation is 2. The molecule has 1 N–H and O–H groups in total. The monoisotopic (exact) mass is 351 g/mol. The Morgan fingerprint density at radius 2 is 1.92 bits per heavy atom. The van der Waals surface area contributed by atoms with Crippen molar-refractivity contribution in [2.24, 2.45) is 14.1 Å². The van der Waals surface area contributed by atoms with E-state index in [1.807, 2.05) is 0 Å². The van der Waals surface area contributed by atoms with Crippen molar-refractivity contribution >= 4 is 11.6 Å². The Hall–Kier alpha value is -3.24. The number of carbonyl (C=O) groups excluding carboxylic acids is 1. The molecule has 11 heteroatoms. The lowest BCUT2D eigenvalue weighted by atomic mass is 10.2. The minimum atomic E-state index is -4.62. The zero-order valence-electron chi connectivity index (χ0n) is 13.1. The first-order chi connectivity index (χ1) is 11.8. The van der Waals surface area contributed by atoms with E-state index in [1.165, 1.54) is 11.7 Å². The first kappa shape index (κ1) is 16.6. The van der Waals surface area contributed by atoms with Gasteiger partial charge in [0.1, 0.15) is 5.69 Å². The van der Waals surface area contributed by atoms with Crippen LogP contribution in [0.25, 0.3) is 11.4 Å². The highest BCUT2D eigenvalue weighted by Crippen LogP contribution is 2.28. The van der Waals surface area contributed by atoms with Crippen molar-refractivity contribution in [1.29, 1.82) is 0 Å². The Morgan fingerprint density at radius 3 is 2.52 bits per heavy atom. The third-order valence-electron chi connectivity index (χ3n) is 3.40. The molecule has 2 heterocycles. The van der Waals surface area contributed by atoms with Gasteiger partial charge in [-0.05, 0) is 22.6 Å². The molecule has 0 saturated carbocycles. The van der Waals surface area contributed by atoms with Gasteiger partial charge in [0.2, 0.25) is 0 Å². The molecule has 25 heavy (non-hydrogen) atoms. The minimum absolute atomic E-state index is 0.210. The second kappa shape index (κ2) is 6.00. The molecule has 8 nitrogen and oxygen atoms in total. The van der Waals surface area contributed by atoms with Crippen LogP contribution in [-0.2, 0) is 20.3 Å². The highest BCUT2D eigenvalue weighted by atomic mass is 19.4. The van der Waals surface area contributed by atoms with Gasteiger partial charge in [-0.3, -0.25) is 9.48 Å². The van der Waals surface area contributed by atoms with E-state index >= 15 is 0 Å². The van der Waals surface area contributed by atoms with Gasteiger partial charge < -0.3 is 5.32 Å². The van der Waals surface area contributed by atoms with Crippen LogP contribution < -0.4 is 5.32 Å². The predicted molar refractivity (Wildman–Crippen MR) is 80.4 cm³/mol. The van der Waals surface area contributed by atoms with E-state index in [2.05, 4.69) is 25.9 Å². The second-order valence-electron chi connectivity index (χ2n) is 5.20. The summed E-state index contributed by atoms with van der Waals surface area (Å²) >= 11 is 0. The summed E-state index contributed by atoms with van der Waals surface area (Å²) in [5, 5.41) is 17.0. The number of nitrogens with zero attached hydrogens (tertiary/aromatic N) is 6. The molecule has 0 bridgehead atoms. The van der Waals surface area contributed by atoms with Gasteiger partial charge in [0, 0.05) is 31.4 Å². The molecular formula is C14H12F3N7O. The fourth-order valence-electron chi connectivity index (χ4n) is 2.22. The number of tetrazole rings is 1. The highest BCUT2D eigenvalue weighted by Gasteiger charge is 2.35. The summed E-state index contributed by atoms with van der Waals surface area (Å²) in [5.74, 6) is -0.227. The van der Waals surface area contributed by atoms with Gasteiger partial charge in [0.25, 0.3) is 5.91 Å². The second-order valence-corrected chi connectivity index (χ2v) is 5.20. The molecule has 0 fully saturated rings. The number of hydrogen-bond donors (Lipinski definition) is 1. The van der Waals surface area contributed by atoms with Crippen LogP contribution in [0.4, 0.5) is 18.9 Å². The van der Waals surface area contributed by atoms with Gasteiger partial charge in [0.15, 0.2) is 11.5 Å². The van der Waals surface area contributed by atoms with Gasteiger partial charge in [-0.1, -0.05) is 12.1 Å². The molecule has 0 spiro atoms. The Labute approximate surface area is 139 Å². The molecule has 1 aromatic carbocycles. The zero-order chi connectivity index (χ0) is 18.2. The molecule has 2 aromatic heterocycles. The standard InChI is InChI=1S/C14H12F3N7O/c1-23-10(7-11(20-23)14(15,16)17)13(25)18-9-5-3-4-8(6-9)12-19-21-22-24(12)2/h3-7H,1-2H3,(H,18,25). The van der Waals surface area contributed by atoms with Crippen molar-refractivity contribution in [3.63, 3.8) is 0 Å². The summed E-state index contributed by atoms with van der Waals surface area (Å²) in [7, 11) is 2.93. The Morgan fingerprint density at radius 1 is 1.16 bits per heavy atom. The normalized spacial score (nSPS) is 11.6. The van der Waals surface area contributed by atoms with Crippen LogP contribution in [0.15, 0.2) is 30.3 Å². The maximum Gasteiger partial charge on any atom is 0.435 e. The molecule has 130 valence electrons.